The summed E-state index contributed by atoms with van der Waals surface area (Å²) in [4.78, 5) is 17.2. The molecule has 7 nitrogen and oxygen atoms in total. The molecule has 0 aliphatic heterocycles. The second kappa shape index (κ2) is 12.6. The summed E-state index contributed by atoms with van der Waals surface area (Å²) in [5.41, 5.74) is 6.18. The molecule has 0 radical (unpaired) electrons. The summed E-state index contributed by atoms with van der Waals surface area (Å²) in [5, 5.41) is 11.1. The van der Waals surface area contributed by atoms with Crippen molar-refractivity contribution in [3.63, 3.8) is 0 Å². The van der Waals surface area contributed by atoms with E-state index in [0.29, 0.717) is 45.9 Å². The summed E-state index contributed by atoms with van der Waals surface area (Å²) < 4.78 is 11.2. The quantitative estimate of drug-likeness (QED) is 0.157. The highest BCUT2D eigenvalue weighted by Gasteiger charge is 2.11. The number of ether oxygens (including phenoxy) is 2. The molecule has 0 saturated heterocycles. The molecule has 10 heteroatoms. The maximum absolute atomic E-state index is 12.6. The number of carbonyl (C=O) groups excluding carboxylic acids is 1. The van der Waals surface area contributed by atoms with E-state index in [4.69, 9.17) is 32.7 Å². The Morgan fingerprint density at radius 2 is 1.68 bits per heavy atom. The van der Waals surface area contributed by atoms with Crippen LogP contribution in [0.1, 0.15) is 29.8 Å². The second-order valence-corrected chi connectivity index (χ2v) is 9.33. The van der Waals surface area contributed by atoms with E-state index in [2.05, 4.69) is 20.8 Å². The van der Waals surface area contributed by atoms with Gasteiger partial charge in [-0.2, -0.15) is 5.10 Å². The first-order valence-corrected chi connectivity index (χ1v) is 13.1. The number of rotatable bonds is 10. The van der Waals surface area contributed by atoms with Crippen LogP contribution in [0.2, 0.25) is 10.0 Å². The molecule has 1 heterocycles. The summed E-state index contributed by atoms with van der Waals surface area (Å²) in [6, 6.07) is 18.0. The average molecular weight is 555 g/mol. The van der Waals surface area contributed by atoms with Crippen molar-refractivity contribution >= 4 is 57.5 Å². The van der Waals surface area contributed by atoms with Gasteiger partial charge in [-0.1, -0.05) is 35.3 Å². The number of carbonyl (C=O) groups is 1. The predicted octanol–water partition coefficient (Wildman–Crippen LogP) is 7.42. The Labute approximate surface area is 229 Å². The van der Waals surface area contributed by atoms with Crippen LogP contribution < -0.4 is 20.2 Å². The predicted molar refractivity (Wildman–Crippen MR) is 151 cm³/mol. The summed E-state index contributed by atoms with van der Waals surface area (Å²) >= 11 is 13.8. The highest BCUT2D eigenvalue weighted by atomic mass is 35.5. The molecular weight excluding hydrogens is 531 g/mol. The summed E-state index contributed by atoms with van der Waals surface area (Å²) in [7, 11) is 0. The number of nitrogens with one attached hydrogen (secondary N) is 2. The lowest BCUT2D eigenvalue weighted by Crippen LogP contribution is -2.17. The van der Waals surface area contributed by atoms with Crippen LogP contribution in [0.3, 0.4) is 0 Å². The third-order valence-corrected chi connectivity index (χ3v) is 6.41. The zero-order valence-corrected chi connectivity index (χ0v) is 22.5. The highest BCUT2D eigenvalue weighted by molar-refractivity contribution is 7.14. The largest absolute Gasteiger partial charge is 0.490 e. The van der Waals surface area contributed by atoms with Crippen LogP contribution in [0.25, 0.3) is 11.3 Å². The van der Waals surface area contributed by atoms with Crippen LogP contribution in [-0.2, 0) is 0 Å². The molecular formula is C27H24Cl2N4O3S. The van der Waals surface area contributed by atoms with Crippen molar-refractivity contribution in [2.45, 2.75) is 13.8 Å². The number of hydrogen-bond acceptors (Lipinski definition) is 7. The first-order chi connectivity index (χ1) is 18.0. The van der Waals surface area contributed by atoms with Gasteiger partial charge in [0.2, 0.25) is 0 Å². The monoisotopic (exact) mass is 554 g/mol. The number of aromatic nitrogens is 1. The van der Waals surface area contributed by atoms with Crippen molar-refractivity contribution in [1.29, 1.82) is 0 Å². The molecule has 2 N–H and O–H groups in total. The van der Waals surface area contributed by atoms with Gasteiger partial charge in [-0.15, -0.1) is 11.3 Å². The van der Waals surface area contributed by atoms with Crippen molar-refractivity contribution in [2.24, 2.45) is 5.10 Å². The van der Waals surface area contributed by atoms with Gasteiger partial charge in [0.05, 0.1) is 30.1 Å². The number of nitrogens with zero attached hydrogens (tertiary/aromatic N) is 2. The Morgan fingerprint density at radius 1 is 1.00 bits per heavy atom. The molecule has 0 unspecified atom stereocenters. The van der Waals surface area contributed by atoms with Crippen LogP contribution in [0, 0.1) is 0 Å². The molecule has 190 valence electrons. The highest BCUT2D eigenvalue weighted by Crippen LogP contribution is 2.33. The van der Waals surface area contributed by atoms with Gasteiger partial charge < -0.3 is 14.8 Å². The van der Waals surface area contributed by atoms with E-state index in [1.807, 2.05) is 55.6 Å². The Kier molecular flexibility index (Phi) is 9.00. The number of hydrazone groups is 1. The molecule has 4 aromatic rings. The maximum atomic E-state index is 12.6. The maximum Gasteiger partial charge on any atom is 0.271 e. The van der Waals surface area contributed by atoms with E-state index >= 15 is 0 Å². The first-order valence-electron chi connectivity index (χ1n) is 11.5. The zero-order chi connectivity index (χ0) is 26.2. The van der Waals surface area contributed by atoms with Crippen LogP contribution in [0.5, 0.6) is 11.5 Å². The Morgan fingerprint density at radius 3 is 2.35 bits per heavy atom. The van der Waals surface area contributed by atoms with Crippen LogP contribution in [-0.4, -0.2) is 30.3 Å². The minimum absolute atomic E-state index is 0.349. The smallest absolute Gasteiger partial charge is 0.271 e. The number of thiazole rings is 1. The van der Waals surface area contributed by atoms with Crippen molar-refractivity contribution < 1.29 is 14.3 Å². The number of benzene rings is 3. The number of amides is 1. The van der Waals surface area contributed by atoms with Crippen molar-refractivity contribution in [3.8, 4) is 22.8 Å². The van der Waals surface area contributed by atoms with Gasteiger partial charge in [0.25, 0.3) is 5.91 Å². The van der Waals surface area contributed by atoms with E-state index in [1.54, 1.807) is 24.3 Å². The molecule has 0 atom stereocenters. The van der Waals surface area contributed by atoms with E-state index in [1.165, 1.54) is 17.6 Å². The molecule has 1 amide bonds. The molecule has 0 aliphatic carbocycles. The minimum atomic E-state index is -0.349. The fourth-order valence-electron chi connectivity index (χ4n) is 3.32. The summed E-state index contributed by atoms with van der Waals surface area (Å²) in [6.07, 6.45) is 1.47. The number of halogens is 2. The molecule has 0 fully saturated rings. The van der Waals surface area contributed by atoms with Crippen LogP contribution in [0.4, 0.5) is 10.8 Å². The van der Waals surface area contributed by atoms with E-state index in [-0.39, 0.29) is 5.91 Å². The average Bonchev–Trinajstić information content (AvgIpc) is 3.36. The van der Waals surface area contributed by atoms with Gasteiger partial charge in [-0.3, -0.25) is 4.79 Å². The second-order valence-electron chi connectivity index (χ2n) is 7.63. The Balaban J connectivity index is 1.38. The molecule has 1 aromatic heterocycles. The van der Waals surface area contributed by atoms with Crippen molar-refractivity contribution in [3.05, 3.63) is 87.2 Å². The van der Waals surface area contributed by atoms with E-state index < -0.39 is 0 Å². The van der Waals surface area contributed by atoms with Gasteiger partial charge in [0, 0.05) is 38.8 Å². The lowest BCUT2D eigenvalue weighted by molar-refractivity contribution is 0.0955. The number of anilines is 2. The normalized spacial score (nSPS) is 10.9. The van der Waals surface area contributed by atoms with E-state index in [0.717, 1.165) is 22.1 Å². The lowest BCUT2D eigenvalue weighted by Gasteiger charge is -2.12. The Bertz CT molecular complexity index is 1390. The molecule has 0 bridgehead atoms. The summed E-state index contributed by atoms with van der Waals surface area (Å²) in [5.74, 6) is 0.771. The third kappa shape index (κ3) is 7.01. The molecule has 37 heavy (non-hydrogen) atoms. The number of hydrogen-bond donors (Lipinski definition) is 2. The van der Waals surface area contributed by atoms with Gasteiger partial charge >= 0.3 is 0 Å². The van der Waals surface area contributed by atoms with Crippen LogP contribution >= 0.6 is 34.5 Å². The molecule has 0 saturated carbocycles. The molecule has 0 aliphatic rings. The van der Waals surface area contributed by atoms with Gasteiger partial charge in [0.15, 0.2) is 16.6 Å². The fourth-order valence-corrected chi connectivity index (χ4v) is 4.39. The van der Waals surface area contributed by atoms with Gasteiger partial charge in [-0.25, -0.2) is 10.4 Å². The minimum Gasteiger partial charge on any atom is -0.490 e. The summed E-state index contributed by atoms with van der Waals surface area (Å²) in [6.45, 7) is 4.74. The molecule has 3 aromatic carbocycles. The standard InChI is InChI=1S/C27H24Cl2N4O3S/c1-3-35-24-13-19(22(29)14-25(24)36-4-2)15-30-33-26(34)18-7-5-17(6-8-18)23-16-37-27(32-23)31-21-11-9-20(28)10-12-21/h5-16H,3-4H2,1-2H3,(H,31,32)(H,33,34)/b30-15-. The van der Waals surface area contributed by atoms with Crippen molar-refractivity contribution in [1.82, 2.24) is 10.4 Å². The molecule has 4 rings (SSSR count). The van der Waals surface area contributed by atoms with Crippen LogP contribution in [0.15, 0.2) is 71.1 Å². The fraction of sp³-hybridized carbons (Fsp3) is 0.148. The molecule has 0 spiro atoms. The Hall–Kier alpha value is -3.59. The van der Waals surface area contributed by atoms with Gasteiger partial charge in [-0.05, 0) is 56.3 Å². The first kappa shape index (κ1) is 26.5. The topological polar surface area (TPSA) is 84.8 Å². The van der Waals surface area contributed by atoms with E-state index in [9.17, 15) is 4.79 Å². The third-order valence-electron chi connectivity index (χ3n) is 5.07. The van der Waals surface area contributed by atoms with Crippen molar-refractivity contribution in [2.75, 3.05) is 18.5 Å². The lowest BCUT2D eigenvalue weighted by atomic mass is 10.1. The zero-order valence-electron chi connectivity index (χ0n) is 20.1. The van der Waals surface area contributed by atoms with Gasteiger partial charge in [0.1, 0.15) is 0 Å². The SMILES string of the molecule is CCOc1cc(Cl)c(/C=N\NC(=O)c2ccc(-c3csc(Nc4ccc(Cl)cc4)n3)cc2)cc1OCC.